The van der Waals surface area contributed by atoms with Crippen LogP contribution in [0.25, 0.3) is 21.5 Å². The van der Waals surface area contributed by atoms with Crippen molar-refractivity contribution in [3.05, 3.63) is 96.1 Å². The standard InChI is InChI=1S/C61H91N17O11/c1-36(2)28-48(58(87)72-47(25-15-27-67-61(65)66)60(89)76-77(33-51(64)80)31-42-20-13-18-40-16-7-9-22-44(40)42)71-53(82)34-78(32-43-21-14-19-41-17-8-10-23-45(41)43)75-55(84)39(6)69-57(86)46(24-11-12-26-62)70-52(81)30-68-56(85)50(35-79)74-59(88)49(29-37(3)4)73-54(83)38(5)63/h7-10,13-14,16-23,36-39,46-50,79H,11-12,15,24-35,62-63H2,1-6H3,(H2,64,80)(H,68,85)(H,69,86)(H,70,81)(H,71,82)(H,72,87)(H,73,83)(H,74,88)(H,75,84)(H,76,89)(H4,65,66,67)/t38-,39-,46-,47+,48-,49-,50-/m0/s1. The number of aliphatic imine (C=N–C) groups is 1. The summed E-state index contributed by atoms with van der Waals surface area (Å²) in [7, 11) is 0. The van der Waals surface area contributed by atoms with Crippen LogP contribution in [-0.2, 0) is 61.0 Å². The number of benzene rings is 4. The van der Waals surface area contributed by atoms with E-state index in [4.69, 9.17) is 28.7 Å². The number of amides is 10. The number of aliphatic hydroxyl groups is 1. The lowest BCUT2D eigenvalue weighted by molar-refractivity contribution is -0.136. The second kappa shape index (κ2) is 37.1. The monoisotopic (exact) mass is 1240 g/mol. The summed E-state index contributed by atoms with van der Waals surface area (Å²) in [6.45, 7) is 8.11. The Hall–Kier alpha value is -8.83. The smallest absolute Gasteiger partial charge is 0.256 e. The molecule has 89 heavy (non-hydrogen) atoms. The third-order valence-electron chi connectivity index (χ3n) is 14.0. The Morgan fingerprint density at radius 3 is 1.51 bits per heavy atom. The zero-order valence-electron chi connectivity index (χ0n) is 51.6. The first kappa shape index (κ1) is 72.6. The highest BCUT2D eigenvalue weighted by Crippen LogP contribution is 2.22. The number of primary amides is 1. The fraction of sp³-hybridized carbons (Fsp3) is 0.492. The fourth-order valence-electron chi connectivity index (χ4n) is 9.53. The van der Waals surface area contributed by atoms with E-state index in [9.17, 15) is 53.1 Å². The van der Waals surface area contributed by atoms with Crippen LogP contribution in [-0.4, -0.2) is 162 Å². The van der Waals surface area contributed by atoms with Crippen LogP contribution < -0.4 is 76.7 Å². The van der Waals surface area contributed by atoms with E-state index in [1.165, 1.54) is 23.9 Å². The fourth-order valence-corrected chi connectivity index (χ4v) is 9.53. The molecule has 0 aliphatic rings. The summed E-state index contributed by atoms with van der Waals surface area (Å²) in [5, 5.41) is 34.2. The molecule has 28 nitrogen and oxygen atoms in total. The van der Waals surface area contributed by atoms with Gasteiger partial charge >= 0.3 is 0 Å². The highest BCUT2D eigenvalue weighted by Gasteiger charge is 2.32. The summed E-state index contributed by atoms with van der Waals surface area (Å²) in [6.07, 6.45) is 1.48. The van der Waals surface area contributed by atoms with Crippen LogP contribution in [0.4, 0.5) is 0 Å². The van der Waals surface area contributed by atoms with E-state index in [1.54, 1.807) is 0 Å². The quantitative estimate of drug-likeness (QED) is 0.0105. The van der Waals surface area contributed by atoms with Gasteiger partial charge < -0.3 is 71.0 Å². The highest BCUT2D eigenvalue weighted by atomic mass is 16.3. The molecule has 0 saturated heterocycles. The number of hydrogen-bond acceptors (Lipinski definition) is 16. The number of rotatable bonds is 38. The first-order valence-corrected chi connectivity index (χ1v) is 29.8. The van der Waals surface area contributed by atoms with Crippen molar-refractivity contribution in [1.82, 2.24) is 58.1 Å². The van der Waals surface area contributed by atoms with Gasteiger partial charge in [-0.25, -0.2) is 10.0 Å². The van der Waals surface area contributed by atoms with Crippen molar-refractivity contribution < 1.29 is 53.1 Å². The Labute approximate surface area is 518 Å². The van der Waals surface area contributed by atoms with Crippen LogP contribution in [0, 0.1) is 11.8 Å². The summed E-state index contributed by atoms with van der Waals surface area (Å²) in [5.41, 5.74) is 35.2. The van der Waals surface area contributed by atoms with Gasteiger partial charge in [0.1, 0.15) is 36.3 Å². The molecule has 0 bridgehead atoms. The lowest BCUT2D eigenvalue weighted by Gasteiger charge is -2.29. The summed E-state index contributed by atoms with van der Waals surface area (Å²) >= 11 is 0. The molecular formula is C61H91N17O11. The second-order valence-corrected chi connectivity index (χ2v) is 22.7. The van der Waals surface area contributed by atoms with Crippen molar-refractivity contribution in [2.24, 2.45) is 45.5 Å². The van der Waals surface area contributed by atoms with E-state index in [2.05, 4.69) is 53.1 Å². The molecule has 0 spiro atoms. The predicted octanol–water partition coefficient (Wildman–Crippen LogP) is -1.50. The van der Waals surface area contributed by atoms with E-state index in [1.807, 2.05) is 113 Å². The van der Waals surface area contributed by atoms with Crippen molar-refractivity contribution in [1.29, 1.82) is 0 Å². The molecule has 7 atom stereocenters. The van der Waals surface area contributed by atoms with E-state index in [0.29, 0.717) is 18.4 Å². The van der Waals surface area contributed by atoms with Crippen LogP contribution >= 0.6 is 0 Å². The molecule has 0 unspecified atom stereocenters. The van der Waals surface area contributed by atoms with Gasteiger partial charge in [-0.3, -0.25) is 63.8 Å². The zero-order valence-corrected chi connectivity index (χ0v) is 51.6. The van der Waals surface area contributed by atoms with Gasteiger partial charge in [-0.05, 0) is 110 Å². The molecular weight excluding hydrogens is 1150 g/mol. The maximum absolute atomic E-state index is 14.4. The van der Waals surface area contributed by atoms with Crippen LogP contribution in [0.1, 0.15) is 97.6 Å². The van der Waals surface area contributed by atoms with Crippen molar-refractivity contribution in [3.63, 3.8) is 0 Å². The molecule has 0 saturated carbocycles. The normalized spacial score (nSPS) is 13.7. The predicted molar refractivity (Wildman–Crippen MR) is 337 cm³/mol. The van der Waals surface area contributed by atoms with E-state index >= 15 is 0 Å². The summed E-state index contributed by atoms with van der Waals surface area (Å²) in [4.78, 5) is 139. The van der Waals surface area contributed by atoms with E-state index < -0.39 is 121 Å². The average molecular weight is 1240 g/mol. The number of hydrogen-bond donors (Lipinski definition) is 15. The number of fused-ring (bicyclic) bond motifs is 2. The zero-order chi connectivity index (χ0) is 65.7. The van der Waals surface area contributed by atoms with Crippen LogP contribution in [0.15, 0.2) is 89.9 Å². The second-order valence-electron chi connectivity index (χ2n) is 22.7. The molecule has 0 aliphatic carbocycles. The summed E-state index contributed by atoms with van der Waals surface area (Å²) < 4.78 is 0. The van der Waals surface area contributed by atoms with Gasteiger partial charge in [0.05, 0.1) is 32.3 Å². The topological polar surface area (TPSA) is 448 Å². The van der Waals surface area contributed by atoms with Crippen molar-refractivity contribution in [3.8, 4) is 0 Å². The van der Waals surface area contributed by atoms with Crippen molar-refractivity contribution in [2.45, 2.75) is 142 Å². The maximum atomic E-state index is 14.4. The van der Waals surface area contributed by atoms with Crippen LogP contribution in [0.2, 0.25) is 0 Å². The van der Waals surface area contributed by atoms with Crippen molar-refractivity contribution >= 4 is 86.6 Å². The Morgan fingerprint density at radius 1 is 0.506 bits per heavy atom. The van der Waals surface area contributed by atoms with Gasteiger partial charge in [-0.1, -0.05) is 113 Å². The largest absolute Gasteiger partial charge is 0.394 e. The molecule has 0 radical (unpaired) electrons. The van der Waals surface area contributed by atoms with E-state index in [0.717, 1.165) is 27.1 Å². The summed E-state index contributed by atoms with van der Waals surface area (Å²) in [5.74, 6) is -7.90. The number of nitrogens with two attached hydrogens (primary N) is 5. The molecule has 20 N–H and O–H groups in total. The minimum atomic E-state index is -1.52. The molecule has 28 heteroatoms. The molecule has 4 rings (SSSR count). The van der Waals surface area contributed by atoms with Gasteiger partial charge in [0.25, 0.3) is 11.8 Å². The Balaban J connectivity index is 1.52. The minimum Gasteiger partial charge on any atom is -0.394 e. The maximum Gasteiger partial charge on any atom is 0.256 e. The molecule has 4 aromatic rings. The number of nitrogens with one attached hydrogen (secondary N) is 9. The van der Waals surface area contributed by atoms with Crippen molar-refractivity contribution in [2.75, 3.05) is 39.3 Å². The third kappa shape index (κ3) is 25.4. The summed E-state index contributed by atoms with van der Waals surface area (Å²) in [6, 6.07) is 17.7. The van der Waals surface area contributed by atoms with Gasteiger partial charge in [0.2, 0.25) is 47.3 Å². The number of hydrazine groups is 2. The molecule has 4 aromatic carbocycles. The van der Waals surface area contributed by atoms with Crippen LogP contribution in [0.5, 0.6) is 0 Å². The van der Waals surface area contributed by atoms with Gasteiger partial charge in [0, 0.05) is 19.6 Å². The SMILES string of the molecule is CC(C)C[C@H](NC(=O)CN(Cc1cccc2ccccc12)NC(=O)[C@H](C)NC(=O)[C@H](CCCCN)NC(=O)CNC(=O)[C@H](CO)NC(=O)[C@H](CC(C)C)NC(=O)[C@H](C)N)C(=O)N[C@H](CCCN=C(N)N)C(=O)NN(CC(N)=O)Cc1cccc2ccccc12. The molecule has 0 fully saturated rings. The Kier molecular flexibility index (Phi) is 30.3. The van der Waals surface area contributed by atoms with Gasteiger partial charge in [-0.15, -0.1) is 0 Å². The number of guanidine groups is 1. The van der Waals surface area contributed by atoms with Gasteiger partial charge in [0.15, 0.2) is 5.96 Å². The molecule has 486 valence electrons. The number of nitrogens with zero attached hydrogens (tertiary/aromatic N) is 3. The molecule has 10 amide bonds. The number of aliphatic hydroxyl groups excluding tert-OH is 1. The minimum absolute atomic E-state index is 0.0296. The highest BCUT2D eigenvalue weighted by molar-refractivity contribution is 5.97. The lowest BCUT2D eigenvalue weighted by atomic mass is 10.0. The van der Waals surface area contributed by atoms with Crippen LogP contribution in [0.3, 0.4) is 0 Å². The third-order valence-corrected chi connectivity index (χ3v) is 14.0. The number of carbonyl (C=O) groups excluding carboxylic acids is 10. The number of carbonyl (C=O) groups is 10. The lowest BCUT2D eigenvalue weighted by Crippen LogP contribution is -2.59. The number of unbranched alkanes of at least 4 members (excludes halogenated alkanes) is 1. The van der Waals surface area contributed by atoms with Gasteiger partial charge in [-0.2, -0.15) is 0 Å². The van der Waals surface area contributed by atoms with E-state index in [-0.39, 0.29) is 82.6 Å². The Bertz CT molecular complexity index is 3070. The molecule has 0 heterocycles. The first-order valence-electron chi connectivity index (χ1n) is 29.8. The molecule has 0 aliphatic heterocycles. The first-order chi connectivity index (χ1) is 42.3. The molecule has 0 aromatic heterocycles. The Morgan fingerprint density at radius 2 is 0.978 bits per heavy atom. The average Bonchev–Trinajstić information content (AvgIpc) is 3.68.